The van der Waals surface area contributed by atoms with Gasteiger partial charge in [0.25, 0.3) is 5.91 Å². The number of amides is 5. The highest BCUT2D eigenvalue weighted by molar-refractivity contribution is 5.99. The van der Waals surface area contributed by atoms with E-state index < -0.39 is 47.3 Å². The summed E-state index contributed by atoms with van der Waals surface area (Å²) in [7, 11) is 0. The summed E-state index contributed by atoms with van der Waals surface area (Å²) in [5.74, 6) is -1.91. The van der Waals surface area contributed by atoms with Crippen LogP contribution in [0.3, 0.4) is 0 Å². The molecule has 3 heterocycles. The van der Waals surface area contributed by atoms with Crippen LogP contribution in [0.4, 0.5) is 0 Å². The van der Waals surface area contributed by atoms with E-state index in [2.05, 4.69) is 31.7 Å². The number of carbonyl (C=O) groups is 5. The minimum atomic E-state index is -1.06. The van der Waals surface area contributed by atoms with E-state index in [0.29, 0.717) is 30.8 Å². The lowest BCUT2D eigenvalue weighted by atomic mass is 10.0. The molecule has 1 aliphatic carbocycles. The highest BCUT2D eigenvalue weighted by Gasteiger charge is 2.51. The third-order valence-electron chi connectivity index (χ3n) is 8.10. The minimum absolute atomic E-state index is 0.129. The molecular formula is C33H39N7O6. The number of carbonyl (C=O) groups excluding carboxylic acids is 5. The van der Waals surface area contributed by atoms with Gasteiger partial charge in [-0.2, -0.15) is 5.10 Å². The molecule has 1 aromatic heterocycles. The second kappa shape index (κ2) is 14.3. The summed E-state index contributed by atoms with van der Waals surface area (Å²) in [6, 6.07) is 14.7. The van der Waals surface area contributed by atoms with Gasteiger partial charge in [-0.15, -0.1) is 0 Å². The average molecular weight is 630 g/mol. The normalized spacial score (nSPS) is 22.1. The van der Waals surface area contributed by atoms with E-state index in [1.165, 1.54) is 17.8 Å². The van der Waals surface area contributed by atoms with Crippen molar-refractivity contribution in [3.63, 3.8) is 0 Å². The Morgan fingerprint density at radius 1 is 0.978 bits per heavy atom. The van der Waals surface area contributed by atoms with Crippen LogP contribution in [0.2, 0.25) is 0 Å². The highest BCUT2D eigenvalue weighted by atomic mass is 16.5. The van der Waals surface area contributed by atoms with Crippen molar-refractivity contribution in [2.45, 2.75) is 69.7 Å². The van der Waals surface area contributed by atoms with E-state index in [4.69, 9.17) is 4.74 Å². The lowest BCUT2D eigenvalue weighted by molar-refractivity contribution is -0.134. The molecule has 3 atom stereocenters. The van der Waals surface area contributed by atoms with Crippen molar-refractivity contribution in [3.8, 4) is 5.75 Å². The molecule has 5 amide bonds. The Hall–Kier alpha value is -5.20. The summed E-state index contributed by atoms with van der Waals surface area (Å²) in [5.41, 5.74) is 0.788. The second-order valence-corrected chi connectivity index (χ2v) is 11.6. The molecule has 1 spiro atoms. The maximum absolute atomic E-state index is 13.6. The van der Waals surface area contributed by atoms with Crippen LogP contribution >= 0.6 is 0 Å². The van der Waals surface area contributed by atoms with E-state index in [-0.39, 0.29) is 31.9 Å². The topological polar surface area (TPSA) is 173 Å². The molecule has 2 bridgehead atoms. The van der Waals surface area contributed by atoms with Crippen LogP contribution in [-0.4, -0.2) is 76.1 Å². The molecule has 5 N–H and O–H groups in total. The molecule has 2 aromatic carbocycles. The molecule has 1 saturated carbocycles. The van der Waals surface area contributed by atoms with Crippen LogP contribution < -0.4 is 31.3 Å². The first-order chi connectivity index (χ1) is 22.2. The molecule has 2 aliphatic heterocycles. The number of benzene rings is 2. The van der Waals surface area contributed by atoms with Gasteiger partial charge in [0.15, 0.2) is 0 Å². The van der Waals surface area contributed by atoms with E-state index in [1.54, 1.807) is 30.3 Å². The molecule has 3 aliphatic rings. The number of rotatable bonds is 5. The van der Waals surface area contributed by atoms with Gasteiger partial charge in [0, 0.05) is 25.6 Å². The molecule has 0 radical (unpaired) electrons. The van der Waals surface area contributed by atoms with Gasteiger partial charge in [0.05, 0.1) is 6.54 Å². The average Bonchev–Trinajstić information content (AvgIpc) is 3.67. The van der Waals surface area contributed by atoms with E-state index in [9.17, 15) is 24.0 Å². The number of nitrogens with zero attached hydrogens (tertiary/aromatic N) is 2. The van der Waals surface area contributed by atoms with Crippen LogP contribution in [0.25, 0.3) is 0 Å². The Bertz CT molecular complexity index is 1570. The van der Waals surface area contributed by atoms with Crippen LogP contribution in [0.5, 0.6) is 5.75 Å². The first-order valence-electron chi connectivity index (χ1n) is 15.5. The van der Waals surface area contributed by atoms with Crippen LogP contribution in [-0.2, 0) is 38.6 Å². The molecule has 3 aromatic rings. The fraction of sp³-hybridized carbons (Fsp3) is 0.394. The lowest BCUT2D eigenvalue weighted by Gasteiger charge is -2.25. The van der Waals surface area contributed by atoms with Crippen LogP contribution in [0.15, 0.2) is 66.9 Å². The zero-order valence-corrected chi connectivity index (χ0v) is 25.9. The number of nitrogens with one attached hydrogen (secondary N) is 5. The molecule has 6 rings (SSSR count). The van der Waals surface area contributed by atoms with Crippen molar-refractivity contribution in [2.75, 3.05) is 13.2 Å². The first kappa shape index (κ1) is 32.2. The number of hydrogen-bond acceptors (Lipinski definition) is 7. The van der Waals surface area contributed by atoms with Gasteiger partial charge in [0.2, 0.25) is 23.6 Å². The van der Waals surface area contributed by atoms with Crippen molar-refractivity contribution >= 4 is 29.5 Å². The van der Waals surface area contributed by atoms with Crippen molar-refractivity contribution < 1.29 is 28.7 Å². The minimum Gasteiger partial charge on any atom is -0.492 e. The van der Waals surface area contributed by atoms with Crippen LogP contribution in [0, 0.1) is 0 Å². The van der Waals surface area contributed by atoms with Crippen molar-refractivity contribution in [3.05, 3.63) is 83.7 Å². The quantitative estimate of drug-likeness (QED) is 0.258. The maximum Gasteiger partial charge on any atom is 0.270 e. The van der Waals surface area contributed by atoms with Gasteiger partial charge in [-0.1, -0.05) is 42.5 Å². The number of ether oxygens (including phenoxy) is 1. The van der Waals surface area contributed by atoms with Gasteiger partial charge in [0.1, 0.15) is 41.7 Å². The van der Waals surface area contributed by atoms with Gasteiger partial charge in [-0.3, -0.25) is 28.7 Å². The zero-order valence-electron chi connectivity index (χ0n) is 25.9. The summed E-state index contributed by atoms with van der Waals surface area (Å²) >= 11 is 0. The molecule has 0 unspecified atom stereocenters. The fourth-order valence-corrected chi connectivity index (χ4v) is 5.27. The lowest BCUT2D eigenvalue weighted by Crippen LogP contribution is -2.59. The van der Waals surface area contributed by atoms with E-state index in [0.717, 1.165) is 11.1 Å². The molecule has 242 valence electrons. The van der Waals surface area contributed by atoms with E-state index in [1.807, 2.05) is 37.3 Å². The van der Waals surface area contributed by atoms with Gasteiger partial charge in [-0.25, -0.2) is 0 Å². The smallest absolute Gasteiger partial charge is 0.270 e. The summed E-state index contributed by atoms with van der Waals surface area (Å²) < 4.78 is 7.31. The molecular weight excluding hydrogens is 590 g/mol. The summed E-state index contributed by atoms with van der Waals surface area (Å²) in [4.78, 5) is 66.8. The van der Waals surface area contributed by atoms with Crippen molar-refractivity contribution in [1.82, 2.24) is 36.4 Å². The number of aryl methyl sites for hydroxylation is 1. The van der Waals surface area contributed by atoms with Gasteiger partial charge < -0.3 is 31.3 Å². The molecule has 0 saturated heterocycles. The predicted octanol–water partition coefficient (Wildman–Crippen LogP) is 0.634. The first-order valence-corrected chi connectivity index (χ1v) is 15.5. The third kappa shape index (κ3) is 7.89. The highest BCUT2D eigenvalue weighted by Crippen LogP contribution is 2.35. The van der Waals surface area contributed by atoms with Crippen molar-refractivity contribution in [1.29, 1.82) is 0 Å². The van der Waals surface area contributed by atoms with Crippen molar-refractivity contribution in [2.24, 2.45) is 0 Å². The third-order valence-corrected chi connectivity index (χ3v) is 8.10. The molecule has 13 nitrogen and oxygen atoms in total. The van der Waals surface area contributed by atoms with E-state index >= 15 is 0 Å². The molecule has 1 fully saturated rings. The monoisotopic (exact) mass is 629 g/mol. The Labute approximate surface area is 266 Å². The SMILES string of the molecule is CCn1nccc1C(=O)N[C@H]1Cc2ccc(cc2)OCCNC(=O)C2(CC2)NC(=O)[C@@H](Cc2ccccc2)NC(=O)[C@H](C)NC1=O. The predicted molar refractivity (Wildman–Crippen MR) is 168 cm³/mol. The zero-order chi connectivity index (χ0) is 32.7. The Morgan fingerprint density at radius 2 is 1.72 bits per heavy atom. The molecule has 13 heteroatoms. The Balaban J connectivity index is 1.39. The second-order valence-electron chi connectivity index (χ2n) is 11.6. The number of aromatic nitrogens is 2. The largest absolute Gasteiger partial charge is 0.492 e. The van der Waals surface area contributed by atoms with Gasteiger partial charge in [-0.05, 0) is 56.0 Å². The molecule has 46 heavy (non-hydrogen) atoms. The maximum atomic E-state index is 13.6. The number of fused-ring (bicyclic) bond motifs is 15. The van der Waals surface area contributed by atoms with Crippen LogP contribution in [0.1, 0.15) is 48.3 Å². The Morgan fingerprint density at radius 3 is 2.41 bits per heavy atom. The summed E-state index contributed by atoms with van der Waals surface area (Å²) in [6.07, 6.45) is 2.75. The summed E-state index contributed by atoms with van der Waals surface area (Å²) in [6.45, 7) is 4.25. The van der Waals surface area contributed by atoms with Gasteiger partial charge >= 0.3 is 0 Å². The standard InChI is InChI=1S/C33H39N7O6/c1-3-40-27(13-16-35-40)31(44)38-25-20-23-9-11-24(12-10-23)46-18-17-34-32(45)33(14-15-33)39-30(43)26(19-22-7-5-4-6-8-22)37-28(41)21(2)36-29(25)42/h4-13,16,21,25-26H,3,14-15,17-20H2,1-2H3,(H,34,45)(H,36,42)(H,37,41)(H,38,44)(H,39,43)/t21-,25-,26+/m0/s1. The fourth-order valence-electron chi connectivity index (χ4n) is 5.27. The Kier molecular flexibility index (Phi) is 9.99. The number of hydrogen-bond donors (Lipinski definition) is 5. The summed E-state index contributed by atoms with van der Waals surface area (Å²) in [5, 5.41) is 18.1.